The summed E-state index contributed by atoms with van der Waals surface area (Å²) < 4.78 is 23.2. The van der Waals surface area contributed by atoms with E-state index in [1.807, 2.05) is 75.4 Å². The molecule has 2 heterocycles. The molecule has 7 heteroatoms. The Morgan fingerprint density at radius 3 is 2.13 bits per heavy atom. The van der Waals surface area contributed by atoms with Crippen LogP contribution in [0.5, 0.6) is 0 Å². The number of benzene rings is 2. The van der Waals surface area contributed by atoms with E-state index in [2.05, 4.69) is 0 Å². The zero-order valence-electron chi connectivity index (χ0n) is 17.2. The monoisotopic (exact) mass is 408 g/mol. The van der Waals surface area contributed by atoms with Crippen molar-refractivity contribution >= 4 is 19.8 Å². The molecular formula is C23H25BO6. The van der Waals surface area contributed by atoms with E-state index in [-0.39, 0.29) is 25.6 Å². The van der Waals surface area contributed by atoms with Crippen molar-refractivity contribution in [2.45, 2.75) is 50.4 Å². The molecule has 0 aromatic heterocycles. The lowest BCUT2D eigenvalue weighted by Gasteiger charge is -2.35. The van der Waals surface area contributed by atoms with Crippen LogP contribution in [-0.2, 0) is 41.8 Å². The summed E-state index contributed by atoms with van der Waals surface area (Å²) in [7, 11) is 1.85. The van der Waals surface area contributed by atoms with Crippen LogP contribution in [-0.4, -0.2) is 43.6 Å². The van der Waals surface area contributed by atoms with E-state index in [9.17, 15) is 9.59 Å². The summed E-state index contributed by atoms with van der Waals surface area (Å²) >= 11 is 0. The van der Waals surface area contributed by atoms with Crippen LogP contribution in [0, 0.1) is 5.92 Å². The largest absolute Gasteiger partial charge is 0.461 e. The van der Waals surface area contributed by atoms with Crippen molar-refractivity contribution < 1.29 is 28.5 Å². The average Bonchev–Trinajstić information content (AvgIpc) is 3.19. The highest BCUT2D eigenvalue weighted by Gasteiger charge is 2.67. The van der Waals surface area contributed by atoms with Gasteiger partial charge in [0.1, 0.15) is 32.6 Å². The van der Waals surface area contributed by atoms with E-state index in [4.69, 9.17) is 18.9 Å². The zero-order chi connectivity index (χ0) is 21.1. The van der Waals surface area contributed by atoms with E-state index in [1.165, 1.54) is 0 Å². The van der Waals surface area contributed by atoms with E-state index in [1.54, 1.807) is 0 Å². The van der Waals surface area contributed by atoms with Crippen LogP contribution in [0.1, 0.15) is 24.5 Å². The Morgan fingerprint density at radius 2 is 1.53 bits per heavy atom. The number of carbonyl (C=O) groups excluding carboxylic acids is 2. The van der Waals surface area contributed by atoms with Crippen molar-refractivity contribution in [3.63, 3.8) is 0 Å². The van der Waals surface area contributed by atoms with Crippen molar-refractivity contribution in [2.75, 3.05) is 0 Å². The quantitative estimate of drug-likeness (QED) is 0.516. The average molecular weight is 408 g/mol. The van der Waals surface area contributed by atoms with Gasteiger partial charge in [-0.15, -0.1) is 0 Å². The number of esters is 2. The van der Waals surface area contributed by atoms with Crippen molar-refractivity contribution in [1.82, 2.24) is 0 Å². The molecule has 0 amide bonds. The molecule has 0 N–H and O–H groups in total. The first-order valence-electron chi connectivity index (χ1n) is 10.2. The number of hydrogen-bond acceptors (Lipinski definition) is 6. The highest BCUT2D eigenvalue weighted by molar-refractivity contribution is 6.12. The Bertz CT molecular complexity index is 889. The molecule has 3 unspecified atom stereocenters. The van der Waals surface area contributed by atoms with E-state index in [0.717, 1.165) is 11.1 Å². The number of ether oxygens (including phenoxy) is 4. The maximum Gasteiger partial charge on any atom is 0.315 e. The van der Waals surface area contributed by atoms with Gasteiger partial charge < -0.3 is 18.9 Å². The molecule has 156 valence electrons. The van der Waals surface area contributed by atoms with Gasteiger partial charge in [0.2, 0.25) is 0 Å². The molecular weight excluding hydrogens is 383 g/mol. The van der Waals surface area contributed by atoms with Gasteiger partial charge in [-0.3, -0.25) is 9.59 Å². The van der Waals surface area contributed by atoms with E-state index < -0.39 is 35.7 Å². The number of rotatable bonds is 7. The first-order valence-corrected chi connectivity index (χ1v) is 10.2. The Kier molecular flexibility index (Phi) is 5.93. The molecule has 0 saturated carbocycles. The van der Waals surface area contributed by atoms with Crippen LogP contribution >= 0.6 is 0 Å². The Balaban J connectivity index is 1.44. The van der Waals surface area contributed by atoms with Gasteiger partial charge in [0.15, 0.2) is 0 Å². The van der Waals surface area contributed by atoms with Crippen molar-refractivity contribution in [3.05, 3.63) is 71.8 Å². The van der Waals surface area contributed by atoms with Crippen molar-refractivity contribution in [3.8, 4) is 0 Å². The predicted molar refractivity (Wildman–Crippen MR) is 111 cm³/mol. The fourth-order valence-electron chi connectivity index (χ4n) is 4.39. The minimum absolute atomic E-state index is 0.0626. The third kappa shape index (κ3) is 4.00. The standard InChI is InChI=1S/C23H25BO6/c1-15-23(12-18(25)27-13-16-8-4-2-5-9-16)19(20(29-15)21(24)30-23)22(26)28-14-17-10-6-3-7-11-17/h2-11,15,19-21H,12-14,24H2,1H3/t15?,19?,20?,21-,23+/m1/s1. The predicted octanol–water partition coefficient (Wildman–Crippen LogP) is 1.99. The second kappa shape index (κ2) is 8.62. The fraction of sp³-hybridized carbons (Fsp3) is 0.391. The third-order valence-electron chi connectivity index (χ3n) is 5.91. The highest BCUT2D eigenvalue weighted by Crippen LogP contribution is 2.50. The van der Waals surface area contributed by atoms with E-state index >= 15 is 0 Å². The Hall–Kier alpha value is -2.64. The Labute approximate surface area is 176 Å². The molecule has 4 rings (SSSR count). The van der Waals surface area contributed by atoms with Gasteiger partial charge in [-0.25, -0.2) is 0 Å². The second-order valence-corrected chi connectivity index (χ2v) is 7.91. The molecule has 5 atom stereocenters. The molecule has 2 bridgehead atoms. The summed E-state index contributed by atoms with van der Waals surface area (Å²) in [4.78, 5) is 25.6. The topological polar surface area (TPSA) is 71.1 Å². The van der Waals surface area contributed by atoms with Gasteiger partial charge in [0, 0.05) is 0 Å². The first-order chi connectivity index (χ1) is 14.5. The molecule has 2 aliphatic rings. The third-order valence-corrected chi connectivity index (χ3v) is 5.91. The van der Waals surface area contributed by atoms with Gasteiger partial charge in [0.25, 0.3) is 0 Å². The lowest BCUT2D eigenvalue weighted by Crippen LogP contribution is -2.48. The minimum atomic E-state index is -1.08. The summed E-state index contributed by atoms with van der Waals surface area (Å²) in [5.74, 6) is -1.51. The van der Waals surface area contributed by atoms with Crippen LogP contribution in [0.25, 0.3) is 0 Å². The summed E-state index contributed by atoms with van der Waals surface area (Å²) in [6.45, 7) is 2.17. The fourth-order valence-corrected chi connectivity index (χ4v) is 4.39. The normalized spacial score (nSPS) is 29.5. The smallest absolute Gasteiger partial charge is 0.315 e. The summed E-state index contributed by atoms with van der Waals surface area (Å²) in [5, 5.41) is 0. The van der Waals surface area contributed by atoms with Gasteiger partial charge in [-0.05, 0) is 18.1 Å². The molecule has 0 spiro atoms. The molecule has 2 fully saturated rings. The lowest BCUT2D eigenvalue weighted by atomic mass is 9.80. The van der Waals surface area contributed by atoms with Gasteiger partial charge in [0.05, 0.1) is 24.6 Å². The molecule has 0 aliphatic carbocycles. The zero-order valence-corrected chi connectivity index (χ0v) is 17.2. The molecule has 30 heavy (non-hydrogen) atoms. The first kappa shape index (κ1) is 20.6. The molecule has 2 aromatic rings. The maximum atomic E-state index is 13.0. The van der Waals surface area contributed by atoms with Gasteiger partial charge >= 0.3 is 11.9 Å². The van der Waals surface area contributed by atoms with E-state index in [0.29, 0.717) is 0 Å². The number of fused-ring (bicyclic) bond motifs is 2. The van der Waals surface area contributed by atoms with Crippen LogP contribution in [0.3, 0.4) is 0 Å². The molecule has 2 saturated heterocycles. The summed E-state index contributed by atoms with van der Waals surface area (Å²) in [6.07, 6.45) is -0.921. The maximum absolute atomic E-state index is 13.0. The second-order valence-electron chi connectivity index (χ2n) is 7.91. The lowest BCUT2D eigenvalue weighted by molar-refractivity contribution is -0.178. The summed E-state index contributed by atoms with van der Waals surface area (Å²) in [6, 6.07) is 18.6. The number of carbonyl (C=O) groups is 2. The molecule has 0 radical (unpaired) electrons. The Morgan fingerprint density at radius 1 is 0.967 bits per heavy atom. The van der Waals surface area contributed by atoms with Crippen LogP contribution < -0.4 is 0 Å². The van der Waals surface area contributed by atoms with Crippen LogP contribution in [0.15, 0.2) is 60.7 Å². The SMILES string of the molecule is B[C@@H]1O[C@@]2(CC(=O)OCc3ccccc3)C(C)OC1C2C(=O)OCc1ccccc1. The van der Waals surface area contributed by atoms with Gasteiger partial charge in [-0.1, -0.05) is 60.7 Å². The molecule has 6 nitrogen and oxygen atoms in total. The van der Waals surface area contributed by atoms with Crippen molar-refractivity contribution in [1.29, 1.82) is 0 Å². The summed E-state index contributed by atoms with van der Waals surface area (Å²) in [5.41, 5.74) is 0.720. The van der Waals surface area contributed by atoms with Gasteiger partial charge in [-0.2, -0.15) is 0 Å². The minimum Gasteiger partial charge on any atom is -0.461 e. The highest BCUT2D eigenvalue weighted by atomic mass is 16.6. The van der Waals surface area contributed by atoms with Crippen molar-refractivity contribution in [2.24, 2.45) is 5.92 Å². The number of hydrogen-bond donors (Lipinski definition) is 0. The van der Waals surface area contributed by atoms with Crippen LogP contribution in [0.4, 0.5) is 0 Å². The molecule has 2 aromatic carbocycles. The van der Waals surface area contributed by atoms with Crippen LogP contribution in [0.2, 0.25) is 0 Å². The molecule has 2 aliphatic heterocycles.